The maximum absolute atomic E-state index is 6.17. The molecule has 112 valence electrons. The summed E-state index contributed by atoms with van der Waals surface area (Å²) in [6, 6.07) is 9.68. The standard InChI is InChI=1S/C18H20BNO2/c1-6-12-8-7-9-13-10-14(20)11-15(16(12)13)19-21-17(2,3)18(4,5)22-19/h1,7-11H,20H2,2-5H3. The molecule has 2 N–H and O–H groups in total. The molecule has 1 saturated heterocycles. The molecule has 1 fully saturated rings. The van der Waals surface area contributed by atoms with Crippen LogP contribution in [0.2, 0.25) is 0 Å². The van der Waals surface area contributed by atoms with Gasteiger partial charge in [0, 0.05) is 11.3 Å². The molecule has 3 rings (SSSR count). The number of hydrogen-bond acceptors (Lipinski definition) is 3. The highest BCUT2D eigenvalue weighted by Gasteiger charge is 2.52. The molecule has 0 amide bonds. The maximum atomic E-state index is 6.17. The van der Waals surface area contributed by atoms with Crippen molar-refractivity contribution in [2.45, 2.75) is 38.9 Å². The van der Waals surface area contributed by atoms with Crippen molar-refractivity contribution in [3.8, 4) is 12.3 Å². The average molecular weight is 293 g/mol. The van der Waals surface area contributed by atoms with Crippen LogP contribution in [0.4, 0.5) is 5.69 Å². The van der Waals surface area contributed by atoms with Gasteiger partial charge in [-0.3, -0.25) is 0 Å². The van der Waals surface area contributed by atoms with E-state index in [0.29, 0.717) is 5.69 Å². The van der Waals surface area contributed by atoms with Crippen molar-refractivity contribution in [3.05, 3.63) is 35.9 Å². The van der Waals surface area contributed by atoms with E-state index >= 15 is 0 Å². The molecule has 0 bridgehead atoms. The Balaban J connectivity index is 2.22. The lowest BCUT2D eigenvalue weighted by atomic mass is 9.74. The quantitative estimate of drug-likeness (QED) is 0.499. The molecule has 0 aromatic heterocycles. The molecule has 1 heterocycles. The normalized spacial score (nSPS) is 19.3. The van der Waals surface area contributed by atoms with Crippen LogP contribution in [0.3, 0.4) is 0 Å². The van der Waals surface area contributed by atoms with Gasteiger partial charge >= 0.3 is 7.12 Å². The number of terminal acetylenes is 1. The van der Waals surface area contributed by atoms with E-state index in [4.69, 9.17) is 21.5 Å². The highest BCUT2D eigenvalue weighted by molar-refractivity contribution is 6.65. The second-order valence-electron chi connectivity index (χ2n) is 6.75. The lowest BCUT2D eigenvalue weighted by Crippen LogP contribution is -2.41. The molecule has 0 saturated carbocycles. The van der Waals surface area contributed by atoms with Crippen LogP contribution in [0.5, 0.6) is 0 Å². The minimum absolute atomic E-state index is 0.403. The second kappa shape index (κ2) is 4.77. The van der Waals surface area contributed by atoms with Gasteiger partial charge in [0.2, 0.25) is 0 Å². The first kappa shape index (κ1) is 15.0. The number of anilines is 1. The number of hydrogen-bond donors (Lipinski definition) is 1. The predicted octanol–water partition coefficient (Wildman–Crippen LogP) is 2.70. The van der Waals surface area contributed by atoms with Gasteiger partial charge in [-0.1, -0.05) is 18.1 Å². The Morgan fingerprint density at radius 1 is 1.09 bits per heavy atom. The minimum atomic E-state index is -0.481. The number of rotatable bonds is 1. The highest BCUT2D eigenvalue weighted by atomic mass is 16.7. The molecule has 1 aliphatic heterocycles. The van der Waals surface area contributed by atoms with E-state index in [0.717, 1.165) is 21.8 Å². The van der Waals surface area contributed by atoms with Crippen LogP contribution in [0.25, 0.3) is 10.8 Å². The van der Waals surface area contributed by atoms with E-state index in [-0.39, 0.29) is 0 Å². The summed E-state index contributed by atoms with van der Waals surface area (Å²) >= 11 is 0. The molecule has 2 aromatic rings. The molecular weight excluding hydrogens is 273 g/mol. The fraction of sp³-hybridized carbons (Fsp3) is 0.333. The van der Waals surface area contributed by atoms with Crippen LogP contribution in [0.1, 0.15) is 33.3 Å². The van der Waals surface area contributed by atoms with Crippen molar-refractivity contribution in [1.29, 1.82) is 0 Å². The summed E-state index contributed by atoms with van der Waals surface area (Å²) in [5, 5.41) is 1.97. The first-order chi connectivity index (χ1) is 10.2. The van der Waals surface area contributed by atoms with Crippen molar-refractivity contribution in [3.63, 3.8) is 0 Å². The van der Waals surface area contributed by atoms with E-state index < -0.39 is 18.3 Å². The van der Waals surface area contributed by atoms with E-state index in [1.807, 2.05) is 58.0 Å². The fourth-order valence-electron chi connectivity index (χ4n) is 2.76. The summed E-state index contributed by atoms with van der Waals surface area (Å²) in [6.07, 6.45) is 5.67. The molecule has 1 aliphatic rings. The number of benzene rings is 2. The summed E-state index contributed by atoms with van der Waals surface area (Å²) in [4.78, 5) is 0. The first-order valence-corrected chi connectivity index (χ1v) is 7.39. The zero-order valence-corrected chi connectivity index (χ0v) is 13.4. The van der Waals surface area contributed by atoms with Crippen molar-refractivity contribution in [1.82, 2.24) is 0 Å². The molecule has 3 nitrogen and oxygen atoms in total. The van der Waals surface area contributed by atoms with Gasteiger partial charge in [0.05, 0.1) is 11.2 Å². The largest absolute Gasteiger partial charge is 0.495 e. The van der Waals surface area contributed by atoms with Crippen molar-refractivity contribution in [2.24, 2.45) is 0 Å². The fourth-order valence-corrected chi connectivity index (χ4v) is 2.76. The lowest BCUT2D eigenvalue weighted by Gasteiger charge is -2.32. The summed E-state index contributed by atoms with van der Waals surface area (Å²) in [5.41, 5.74) is 7.64. The molecule has 2 aromatic carbocycles. The molecule has 0 unspecified atom stereocenters. The minimum Gasteiger partial charge on any atom is -0.399 e. The van der Waals surface area contributed by atoms with Crippen molar-refractivity contribution < 1.29 is 9.31 Å². The summed E-state index contributed by atoms with van der Waals surface area (Å²) in [6.45, 7) is 8.13. The van der Waals surface area contributed by atoms with Crippen LogP contribution in [0, 0.1) is 12.3 Å². The summed E-state index contributed by atoms with van der Waals surface area (Å²) in [7, 11) is -0.481. The molecule has 0 atom stereocenters. The third-order valence-electron chi connectivity index (χ3n) is 4.69. The highest BCUT2D eigenvalue weighted by Crippen LogP contribution is 2.37. The maximum Gasteiger partial charge on any atom is 0.495 e. The zero-order chi connectivity index (χ0) is 16.1. The Kier molecular flexibility index (Phi) is 3.25. The molecular formula is C18H20BNO2. The van der Waals surface area contributed by atoms with Gasteiger partial charge in [0.15, 0.2) is 0 Å². The smallest absolute Gasteiger partial charge is 0.399 e. The zero-order valence-electron chi connectivity index (χ0n) is 13.4. The molecule has 0 spiro atoms. The SMILES string of the molecule is C#Cc1cccc2cc(N)cc(B3OC(C)(C)C(C)(C)O3)c12. The number of fused-ring (bicyclic) bond motifs is 1. The van der Waals surface area contributed by atoms with E-state index in [1.165, 1.54) is 0 Å². The third kappa shape index (κ3) is 2.18. The van der Waals surface area contributed by atoms with Gasteiger partial charge < -0.3 is 15.0 Å². The summed E-state index contributed by atoms with van der Waals surface area (Å²) < 4.78 is 12.3. The van der Waals surface area contributed by atoms with E-state index in [1.54, 1.807) is 0 Å². The van der Waals surface area contributed by atoms with Crippen LogP contribution < -0.4 is 11.2 Å². The van der Waals surface area contributed by atoms with Gasteiger partial charge in [-0.15, -0.1) is 6.42 Å². The van der Waals surface area contributed by atoms with Gasteiger partial charge in [0.1, 0.15) is 0 Å². The topological polar surface area (TPSA) is 44.5 Å². The Labute approximate surface area is 131 Å². The van der Waals surface area contributed by atoms with E-state index in [2.05, 4.69) is 5.92 Å². The van der Waals surface area contributed by atoms with Gasteiger partial charge in [0.25, 0.3) is 0 Å². The molecule has 4 heteroatoms. The molecule has 0 radical (unpaired) electrons. The molecule has 0 aliphatic carbocycles. The van der Waals surface area contributed by atoms with Gasteiger partial charge in [-0.25, -0.2) is 0 Å². The van der Waals surface area contributed by atoms with Crippen molar-refractivity contribution >= 4 is 29.0 Å². The van der Waals surface area contributed by atoms with Crippen LogP contribution in [0.15, 0.2) is 30.3 Å². The first-order valence-electron chi connectivity index (χ1n) is 7.39. The average Bonchev–Trinajstić information content (AvgIpc) is 2.65. The van der Waals surface area contributed by atoms with Gasteiger partial charge in [-0.05, 0) is 62.1 Å². The second-order valence-corrected chi connectivity index (χ2v) is 6.75. The predicted molar refractivity (Wildman–Crippen MR) is 92.0 cm³/mol. The van der Waals surface area contributed by atoms with Gasteiger partial charge in [-0.2, -0.15) is 0 Å². The van der Waals surface area contributed by atoms with Crippen LogP contribution in [-0.2, 0) is 9.31 Å². The lowest BCUT2D eigenvalue weighted by molar-refractivity contribution is 0.00578. The van der Waals surface area contributed by atoms with Crippen molar-refractivity contribution in [2.75, 3.05) is 5.73 Å². The number of nitrogens with two attached hydrogens (primary N) is 1. The monoisotopic (exact) mass is 293 g/mol. The summed E-state index contributed by atoms with van der Waals surface area (Å²) in [5.74, 6) is 2.74. The Bertz CT molecular complexity index is 774. The Morgan fingerprint density at radius 3 is 2.32 bits per heavy atom. The van der Waals surface area contributed by atoms with E-state index in [9.17, 15) is 0 Å². The Hall–Kier alpha value is -1.96. The number of nitrogen functional groups attached to an aromatic ring is 1. The third-order valence-corrected chi connectivity index (χ3v) is 4.69. The molecule has 22 heavy (non-hydrogen) atoms. The van der Waals surface area contributed by atoms with Crippen LogP contribution in [-0.4, -0.2) is 18.3 Å². The van der Waals surface area contributed by atoms with Crippen LogP contribution >= 0.6 is 0 Å². The Morgan fingerprint density at radius 2 is 1.73 bits per heavy atom.